The van der Waals surface area contributed by atoms with Gasteiger partial charge in [0.1, 0.15) is 5.82 Å². The smallest absolute Gasteiger partial charge is 0.254 e. The second-order valence-electron chi connectivity index (χ2n) is 4.40. The first-order chi connectivity index (χ1) is 8.76. The molecule has 1 atom stereocenters. The van der Waals surface area contributed by atoms with Crippen molar-refractivity contribution in [3.8, 4) is 0 Å². The summed E-state index contributed by atoms with van der Waals surface area (Å²) < 4.78 is 0. The van der Waals surface area contributed by atoms with Crippen molar-refractivity contribution in [1.82, 2.24) is 9.88 Å². The van der Waals surface area contributed by atoms with Gasteiger partial charge in [-0.2, -0.15) is 0 Å². The van der Waals surface area contributed by atoms with Gasteiger partial charge in [-0.05, 0) is 31.4 Å². The number of hydrazine groups is 1. The van der Waals surface area contributed by atoms with E-state index >= 15 is 0 Å². The lowest BCUT2D eigenvalue weighted by Crippen LogP contribution is -2.45. The molecule has 1 fully saturated rings. The Morgan fingerprint density at radius 3 is 3.17 bits per heavy atom. The molecule has 0 aromatic carbocycles. The number of hydrogen-bond donors (Lipinski definition) is 3. The fourth-order valence-corrected chi connectivity index (χ4v) is 2.27. The van der Waals surface area contributed by atoms with Gasteiger partial charge in [0.05, 0.1) is 12.6 Å². The number of nitrogens with one attached hydrogen (secondary N) is 1. The van der Waals surface area contributed by atoms with Crippen molar-refractivity contribution in [2.45, 2.75) is 25.3 Å². The van der Waals surface area contributed by atoms with Gasteiger partial charge in [-0.25, -0.2) is 10.8 Å². The predicted molar refractivity (Wildman–Crippen MR) is 67.8 cm³/mol. The molecule has 0 spiro atoms. The summed E-state index contributed by atoms with van der Waals surface area (Å²) >= 11 is 0. The number of nitrogens with zero attached hydrogens (tertiary/aromatic N) is 2. The average molecular weight is 250 g/mol. The lowest BCUT2D eigenvalue weighted by atomic mass is 10.0. The van der Waals surface area contributed by atoms with E-state index in [9.17, 15) is 9.90 Å². The Labute approximate surface area is 106 Å². The highest BCUT2D eigenvalue weighted by molar-refractivity contribution is 5.95. The summed E-state index contributed by atoms with van der Waals surface area (Å²) in [5.74, 6) is 5.65. The lowest BCUT2D eigenvalue weighted by Gasteiger charge is -2.34. The van der Waals surface area contributed by atoms with Crippen LogP contribution in [-0.2, 0) is 0 Å². The number of carbonyl (C=O) groups excluding carboxylic acids is 1. The minimum absolute atomic E-state index is 0.0127. The number of likely N-dealkylation sites (tertiary alicyclic amines) is 1. The van der Waals surface area contributed by atoms with E-state index in [2.05, 4.69) is 10.4 Å². The van der Waals surface area contributed by atoms with Gasteiger partial charge in [0, 0.05) is 18.3 Å². The zero-order chi connectivity index (χ0) is 13.0. The number of amides is 1. The van der Waals surface area contributed by atoms with Crippen molar-refractivity contribution in [1.29, 1.82) is 0 Å². The Morgan fingerprint density at radius 1 is 1.61 bits per heavy atom. The summed E-state index contributed by atoms with van der Waals surface area (Å²) in [6, 6.07) is 3.20. The van der Waals surface area contributed by atoms with Gasteiger partial charge in [-0.3, -0.25) is 4.79 Å². The van der Waals surface area contributed by atoms with E-state index in [4.69, 9.17) is 5.84 Å². The monoisotopic (exact) mass is 250 g/mol. The number of aliphatic hydroxyl groups excluding tert-OH is 1. The third-order valence-corrected chi connectivity index (χ3v) is 3.25. The van der Waals surface area contributed by atoms with Crippen molar-refractivity contribution < 1.29 is 9.90 Å². The number of nitrogen functional groups attached to an aromatic ring is 1. The number of anilines is 1. The Balaban J connectivity index is 2.18. The highest BCUT2D eigenvalue weighted by Crippen LogP contribution is 2.19. The molecule has 4 N–H and O–H groups in total. The molecule has 6 nitrogen and oxygen atoms in total. The Morgan fingerprint density at radius 2 is 2.44 bits per heavy atom. The van der Waals surface area contributed by atoms with Crippen LogP contribution in [0.5, 0.6) is 0 Å². The summed E-state index contributed by atoms with van der Waals surface area (Å²) in [4.78, 5) is 18.1. The number of aromatic nitrogens is 1. The molecule has 0 aliphatic carbocycles. The van der Waals surface area contributed by atoms with Crippen LogP contribution in [0.4, 0.5) is 5.82 Å². The van der Waals surface area contributed by atoms with Gasteiger partial charge in [0.25, 0.3) is 5.91 Å². The molecule has 6 heteroatoms. The molecular weight excluding hydrogens is 232 g/mol. The minimum Gasteiger partial charge on any atom is -0.394 e. The summed E-state index contributed by atoms with van der Waals surface area (Å²) in [5, 5.41) is 9.32. The first kappa shape index (κ1) is 12.8. The number of carbonyl (C=O) groups is 1. The second-order valence-corrected chi connectivity index (χ2v) is 4.40. The predicted octanol–water partition coefficient (Wildman–Crippen LogP) is 0.354. The molecule has 0 saturated carbocycles. The minimum atomic E-state index is -0.0762. The molecule has 98 valence electrons. The highest BCUT2D eigenvalue weighted by atomic mass is 16.3. The van der Waals surface area contributed by atoms with Crippen molar-refractivity contribution in [2.75, 3.05) is 18.6 Å². The molecule has 18 heavy (non-hydrogen) atoms. The van der Waals surface area contributed by atoms with Crippen LogP contribution in [0.2, 0.25) is 0 Å². The van der Waals surface area contributed by atoms with Crippen molar-refractivity contribution in [2.24, 2.45) is 5.84 Å². The SMILES string of the molecule is NNc1cc(C(=O)N2CCCCC2CO)ccn1. The number of pyridine rings is 1. The average Bonchev–Trinajstić information content (AvgIpc) is 2.46. The van der Waals surface area contributed by atoms with E-state index in [1.54, 1.807) is 23.2 Å². The van der Waals surface area contributed by atoms with Gasteiger partial charge < -0.3 is 15.4 Å². The zero-order valence-corrected chi connectivity index (χ0v) is 10.2. The van der Waals surface area contributed by atoms with Crippen LogP contribution in [0.15, 0.2) is 18.3 Å². The molecular formula is C12H18N4O2. The lowest BCUT2D eigenvalue weighted by molar-refractivity contribution is 0.0503. The van der Waals surface area contributed by atoms with Crippen molar-refractivity contribution >= 4 is 11.7 Å². The number of nitrogens with two attached hydrogens (primary N) is 1. The molecule has 1 aromatic rings. The largest absolute Gasteiger partial charge is 0.394 e. The zero-order valence-electron chi connectivity index (χ0n) is 10.2. The van der Waals surface area contributed by atoms with E-state index in [-0.39, 0.29) is 18.6 Å². The third-order valence-electron chi connectivity index (χ3n) is 3.25. The first-order valence-corrected chi connectivity index (χ1v) is 6.10. The number of rotatable bonds is 3. The summed E-state index contributed by atoms with van der Waals surface area (Å²) in [6.45, 7) is 0.705. The van der Waals surface area contributed by atoms with Crippen LogP contribution in [0.3, 0.4) is 0 Å². The quantitative estimate of drug-likeness (QED) is 0.532. The van der Waals surface area contributed by atoms with E-state index in [1.165, 1.54) is 0 Å². The van der Waals surface area contributed by atoms with Gasteiger partial charge in [-0.15, -0.1) is 0 Å². The fourth-order valence-electron chi connectivity index (χ4n) is 2.27. The number of piperidine rings is 1. The van der Waals surface area contributed by atoms with Crippen LogP contribution in [-0.4, -0.2) is 40.1 Å². The Kier molecular flexibility index (Phi) is 4.11. The van der Waals surface area contributed by atoms with Gasteiger partial charge in [-0.1, -0.05) is 0 Å². The van der Waals surface area contributed by atoms with Crippen LogP contribution < -0.4 is 11.3 Å². The summed E-state index contributed by atoms with van der Waals surface area (Å²) in [6.07, 6.45) is 4.44. The standard InChI is InChI=1S/C12H18N4O2/c13-15-11-7-9(4-5-14-11)12(18)16-6-2-1-3-10(16)8-17/h4-5,7,10,17H,1-3,6,8,13H2,(H,14,15). The normalized spacial score (nSPS) is 19.7. The number of aliphatic hydroxyl groups is 1. The maximum atomic E-state index is 12.4. The van der Waals surface area contributed by atoms with Crippen LogP contribution >= 0.6 is 0 Å². The maximum absolute atomic E-state index is 12.4. The van der Waals surface area contributed by atoms with Crippen LogP contribution in [0, 0.1) is 0 Å². The second kappa shape index (κ2) is 5.79. The van der Waals surface area contributed by atoms with Crippen molar-refractivity contribution in [3.05, 3.63) is 23.9 Å². The first-order valence-electron chi connectivity index (χ1n) is 6.10. The Hall–Kier alpha value is -1.66. The van der Waals surface area contributed by atoms with Gasteiger partial charge in [0.15, 0.2) is 0 Å². The molecule has 2 rings (SSSR count). The molecule has 1 unspecified atom stereocenters. The summed E-state index contributed by atoms with van der Waals surface area (Å²) in [5.41, 5.74) is 2.96. The Bertz CT molecular complexity index is 424. The highest BCUT2D eigenvalue weighted by Gasteiger charge is 2.26. The van der Waals surface area contributed by atoms with E-state index < -0.39 is 0 Å². The molecule has 1 saturated heterocycles. The fraction of sp³-hybridized carbons (Fsp3) is 0.500. The van der Waals surface area contributed by atoms with Crippen molar-refractivity contribution in [3.63, 3.8) is 0 Å². The third kappa shape index (κ3) is 2.60. The molecule has 1 aliphatic heterocycles. The van der Waals surface area contributed by atoms with Gasteiger partial charge >= 0.3 is 0 Å². The maximum Gasteiger partial charge on any atom is 0.254 e. The molecule has 1 aliphatic rings. The molecule has 0 bridgehead atoms. The number of hydrogen-bond acceptors (Lipinski definition) is 5. The molecule has 0 radical (unpaired) electrons. The van der Waals surface area contributed by atoms with Crippen LogP contribution in [0.25, 0.3) is 0 Å². The topological polar surface area (TPSA) is 91.5 Å². The van der Waals surface area contributed by atoms with Gasteiger partial charge in [0.2, 0.25) is 0 Å². The molecule has 1 amide bonds. The van der Waals surface area contributed by atoms with E-state index in [0.29, 0.717) is 17.9 Å². The van der Waals surface area contributed by atoms with E-state index in [1.807, 2.05) is 0 Å². The van der Waals surface area contributed by atoms with Crippen LogP contribution in [0.1, 0.15) is 29.6 Å². The molecule has 2 heterocycles. The summed E-state index contributed by atoms with van der Waals surface area (Å²) in [7, 11) is 0. The molecule has 1 aromatic heterocycles. The van der Waals surface area contributed by atoms with E-state index in [0.717, 1.165) is 19.3 Å².